The molecule has 0 saturated heterocycles. The molecule has 0 aromatic heterocycles. The van der Waals surface area contributed by atoms with Crippen LogP contribution >= 0.6 is 0 Å². The summed E-state index contributed by atoms with van der Waals surface area (Å²) in [6.45, 7) is 1.84. The number of nitrogens with zero attached hydrogens (tertiary/aromatic N) is 1. The predicted molar refractivity (Wildman–Crippen MR) is 86.1 cm³/mol. The molecule has 2 aromatic rings. The van der Waals surface area contributed by atoms with Crippen molar-refractivity contribution in [3.63, 3.8) is 0 Å². The van der Waals surface area contributed by atoms with Crippen molar-refractivity contribution in [2.24, 2.45) is 0 Å². The van der Waals surface area contributed by atoms with Crippen molar-refractivity contribution >= 4 is 0 Å². The van der Waals surface area contributed by atoms with Gasteiger partial charge in [-0.3, -0.25) is 0 Å². The lowest BCUT2D eigenvalue weighted by atomic mass is 9.78. The Kier molecular flexibility index (Phi) is 3.91. The zero-order valence-electron chi connectivity index (χ0n) is 12.4. The first-order valence-electron chi connectivity index (χ1n) is 7.43. The number of likely N-dealkylation sites (N-methyl/N-ethyl adjacent to an activating group) is 1. The van der Waals surface area contributed by atoms with Crippen LogP contribution in [0.5, 0.6) is 0 Å². The van der Waals surface area contributed by atoms with Gasteiger partial charge in [-0.25, -0.2) is 0 Å². The molecule has 2 aromatic carbocycles. The first kappa shape index (κ1) is 14.1. The van der Waals surface area contributed by atoms with Gasteiger partial charge in [-0.1, -0.05) is 66.7 Å². The molecule has 0 fully saturated rings. The number of rotatable bonds is 3. The average molecular weight is 279 g/mol. The second kappa shape index (κ2) is 5.84. The van der Waals surface area contributed by atoms with Gasteiger partial charge < -0.3 is 10.0 Å². The Hall–Kier alpha value is -1.90. The number of aliphatic hydroxyl groups is 1. The molecule has 21 heavy (non-hydrogen) atoms. The van der Waals surface area contributed by atoms with Gasteiger partial charge in [-0.15, -0.1) is 0 Å². The van der Waals surface area contributed by atoms with E-state index in [1.165, 1.54) is 0 Å². The quantitative estimate of drug-likeness (QED) is 0.872. The van der Waals surface area contributed by atoms with E-state index in [0.29, 0.717) is 0 Å². The standard InChI is InChI=1S/C19H21NO/c1-20-14-8-13-18(15-20)19(21,16-9-4-2-5-10-16)17-11-6-3-7-12-17/h2-7,9-13,21H,8,14-15H2,1H3. The second-order valence-corrected chi connectivity index (χ2v) is 5.70. The topological polar surface area (TPSA) is 23.5 Å². The van der Waals surface area contributed by atoms with Crippen LogP contribution in [0.25, 0.3) is 0 Å². The van der Waals surface area contributed by atoms with E-state index in [1.807, 2.05) is 60.7 Å². The fraction of sp³-hybridized carbons (Fsp3) is 0.263. The van der Waals surface area contributed by atoms with Gasteiger partial charge in [0.25, 0.3) is 0 Å². The fourth-order valence-corrected chi connectivity index (χ4v) is 3.05. The number of hydrogen-bond donors (Lipinski definition) is 1. The molecule has 0 saturated carbocycles. The molecule has 1 aliphatic rings. The van der Waals surface area contributed by atoms with Crippen LogP contribution in [0.2, 0.25) is 0 Å². The van der Waals surface area contributed by atoms with Crippen LogP contribution < -0.4 is 0 Å². The maximum atomic E-state index is 11.6. The first-order chi connectivity index (χ1) is 10.2. The molecule has 0 unspecified atom stereocenters. The molecule has 3 rings (SSSR count). The van der Waals surface area contributed by atoms with Crippen molar-refractivity contribution < 1.29 is 5.11 Å². The molecule has 0 amide bonds. The summed E-state index contributed by atoms with van der Waals surface area (Å²) in [6.07, 6.45) is 3.17. The Morgan fingerprint density at radius 2 is 1.43 bits per heavy atom. The van der Waals surface area contributed by atoms with Gasteiger partial charge in [-0.2, -0.15) is 0 Å². The average Bonchev–Trinajstić information content (AvgIpc) is 2.56. The summed E-state index contributed by atoms with van der Waals surface area (Å²) in [5.41, 5.74) is 1.88. The predicted octanol–water partition coefficient (Wildman–Crippen LogP) is 3.18. The third kappa shape index (κ3) is 2.65. The smallest absolute Gasteiger partial charge is 0.137 e. The van der Waals surface area contributed by atoms with E-state index in [-0.39, 0.29) is 0 Å². The van der Waals surface area contributed by atoms with Crippen molar-refractivity contribution in [1.29, 1.82) is 0 Å². The van der Waals surface area contributed by atoms with E-state index in [1.54, 1.807) is 0 Å². The Morgan fingerprint density at radius 3 is 1.90 bits per heavy atom. The van der Waals surface area contributed by atoms with E-state index >= 15 is 0 Å². The van der Waals surface area contributed by atoms with Crippen molar-refractivity contribution in [1.82, 2.24) is 4.90 Å². The van der Waals surface area contributed by atoms with Crippen molar-refractivity contribution in [2.75, 3.05) is 20.1 Å². The van der Waals surface area contributed by atoms with E-state index in [0.717, 1.165) is 36.2 Å². The molecule has 2 heteroatoms. The normalized spacial score (nSPS) is 16.6. The second-order valence-electron chi connectivity index (χ2n) is 5.70. The highest BCUT2D eigenvalue weighted by molar-refractivity contribution is 5.45. The third-order valence-corrected chi connectivity index (χ3v) is 4.19. The molecule has 0 aliphatic carbocycles. The molecular weight excluding hydrogens is 258 g/mol. The van der Waals surface area contributed by atoms with Gasteiger partial charge in [0.2, 0.25) is 0 Å². The summed E-state index contributed by atoms with van der Waals surface area (Å²) in [7, 11) is 2.10. The van der Waals surface area contributed by atoms with Crippen LogP contribution in [0.4, 0.5) is 0 Å². The molecule has 2 nitrogen and oxygen atoms in total. The van der Waals surface area contributed by atoms with E-state index in [2.05, 4.69) is 18.0 Å². The van der Waals surface area contributed by atoms with Crippen LogP contribution in [0.15, 0.2) is 72.3 Å². The molecule has 0 spiro atoms. The van der Waals surface area contributed by atoms with Crippen LogP contribution in [0.3, 0.4) is 0 Å². The molecule has 1 N–H and O–H groups in total. The summed E-state index contributed by atoms with van der Waals surface area (Å²) in [4.78, 5) is 2.26. The SMILES string of the molecule is CN1CCC=C(C(O)(c2ccccc2)c2ccccc2)C1. The van der Waals surface area contributed by atoms with Gasteiger partial charge in [0.05, 0.1) is 0 Å². The minimum absolute atomic E-state index is 0.792. The monoisotopic (exact) mass is 279 g/mol. The van der Waals surface area contributed by atoms with Crippen molar-refractivity contribution in [3.05, 3.63) is 83.4 Å². The number of hydrogen-bond acceptors (Lipinski definition) is 2. The van der Waals surface area contributed by atoms with Gasteiger partial charge in [0, 0.05) is 13.1 Å². The number of benzene rings is 2. The van der Waals surface area contributed by atoms with Gasteiger partial charge >= 0.3 is 0 Å². The molecular formula is C19H21NO. The molecule has 108 valence electrons. The van der Waals surface area contributed by atoms with Crippen molar-refractivity contribution in [2.45, 2.75) is 12.0 Å². The molecule has 0 atom stereocenters. The minimum Gasteiger partial charge on any atom is -0.376 e. The fourth-order valence-electron chi connectivity index (χ4n) is 3.05. The summed E-state index contributed by atoms with van der Waals surface area (Å²) in [5.74, 6) is 0. The van der Waals surface area contributed by atoms with Crippen LogP contribution in [-0.4, -0.2) is 30.1 Å². The lowest BCUT2D eigenvalue weighted by Crippen LogP contribution is -2.38. The van der Waals surface area contributed by atoms with Gasteiger partial charge in [-0.05, 0) is 30.2 Å². The molecule has 1 aliphatic heterocycles. The molecule has 0 radical (unpaired) electrons. The van der Waals surface area contributed by atoms with Gasteiger partial charge in [0.15, 0.2) is 0 Å². The maximum Gasteiger partial charge on any atom is 0.137 e. The third-order valence-electron chi connectivity index (χ3n) is 4.19. The summed E-state index contributed by atoms with van der Waals surface area (Å²) in [6, 6.07) is 19.9. The first-order valence-corrected chi connectivity index (χ1v) is 7.43. The minimum atomic E-state index is -1.04. The maximum absolute atomic E-state index is 11.6. The van der Waals surface area contributed by atoms with Crippen molar-refractivity contribution in [3.8, 4) is 0 Å². The lowest BCUT2D eigenvalue weighted by molar-refractivity contribution is 0.108. The van der Waals surface area contributed by atoms with Crippen LogP contribution in [-0.2, 0) is 5.60 Å². The van der Waals surface area contributed by atoms with E-state index in [4.69, 9.17) is 0 Å². The highest BCUT2D eigenvalue weighted by atomic mass is 16.3. The largest absolute Gasteiger partial charge is 0.376 e. The highest BCUT2D eigenvalue weighted by Gasteiger charge is 2.36. The Bertz CT molecular complexity index is 579. The Morgan fingerprint density at radius 1 is 0.905 bits per heavy atom. The van der Waals surface area contributed by atoms with Gasteiger partial charge in [0.1, 0.15) is 5.60 Å². The summed E-state index contributed by atoms with van der Waals surface area (Å²) in [5, 5.41) is 11.6. The van der Waals surface area contributed by atoms with Crippen LogP contribution in [0.1, 0.15) is 17.5 Å². The summed E-state index contributed by atoms with van der Waals surface area (Å²) < 4.78 is 0. The van der Waals surface area contributed by atoms with Crippen LogP contribution in [0, 0.1) is 0 Å². The zero-order valence-corrected chi connectivity index (χ0v) is 12.4. The highest BCUT2D eigenvalue weighted by Crippen LogP contribution is 2.38. The summed E-state index contributed by atoms with van der Waals surface area (Å²) >= 11 is 0. The van der Waals surface area contributed by atoms with E-state index in [9.17, 15) is 5.11 Å². The Balaban J connectivity index is 2.14. The molecule has 0 bridgehead atoms. The Labute approximate surface area is 126 Å². The lowest BCUT2D eigenvalue weighted by Gasteiger charge is -2.36. The zero-order chi connectivity index (χ0) is 14.7. The van der Waals surface area contributed by atoms with E-state index < -0.39 is 5.60 Å². The molecule has 1 heterocycles.